The molecule has 112 valence electrons. The molecule has 0 spiro atoms. The number of hydrogen-bond donors (Lipinski definition) is 2. The summed E-state index contributed by atoms with van der Waals surface area (Å²) in [5.74, 6) is 0. The molecule has 0 atom stereocenters. The Labute approximate surface area is 122 Å². The summed E-state index contributed by atoms with van der Waals surface area (Å²) in [7, 11) is -3.38. The lowest BCUT2D eigenvalue weighted by molar-refractivity contribution is 0.475. The summed E-state index contributed by atoms with van der Waals surface area (Å²) < 4.78 is 27.2. The Morgan fingerprint density at radius 3 is 2.30 bits per heavy atom. The van der Waals surface area contributed by atoms with E-state index in [2.05, 4.69) is 23.9 Å². The molecule has 5 heteroatoms. The summed E-state index contributed by atoms with van der Waals surface area (Å²) in [6.45, 7) is 5.66. The third-order valence-corrected chi connectivity index (χ3v) is 5.51. The second-order valence-electron chi connectivity index (χ2n) is 5.63. The Hall–Kier alpha value is -1.07. The lowest BCUT2D eigenvalue weighted by Gasteiger charge is -2.14. The molecule has 20 heavy (non-hydrogen) atoms. The Morgan fingerprint density at radius 2 is 1.80 bits per heavy atom. The summed E-state index contributed by atoms with van der Waals surface area (Å²) >= 11 is 0. The van der Waals surface area contributed by atoms with Crippen LogP contribution in [0.2, 0.25) is 0 Å². The SMILES string of the molecule is CCCNc1ccc(S(=O)(=O)NCC2(CC)CC2)cc1. The van der Waals surface area contributed by atoms with E-state index in [0.717, 1.165) is 37.9 Å². The topological polar surface area (TPSA) is 58.2 Å². The summed E-state index contributed by atoms with van der Waals surface area (Å²) in [5, 5.41) is 3.23. The molecular formula is C15H24N2O2S. The summed E-state index contributed by atoms with van der Waals surface area (Å²) in [6, 6.07) is 6.95. The van der Waals surface area contributed by atoms with Gasteiger partial charge in [0.05, 0.1) is 4.90 Å². The van der Waals surface area contributed by atoms with E-state index in [0.29, 0.717) is 11.4 Å². The van der Waals surface area contributed by atoms with Crippen molar-refractivity contribution in [2.75, 3.05) is 18.4 Å². The van der Waals surface area contributed by atoms with Gasteiger partial charge in [-0.05, 0) is 55.4 Å². The second-order valence-corrected chi connectivity index (χ2v) is 7.40. The Kier molecular flexibility index (Phi) is 4.70. The predicted molar refractivity (Wildman–Crippen MR) is 82.4 cm³/mol. The highest BCUT2D eigenvalue weighted by Crippen LogP contribution is 2.48. The Bertz CT molecular complexity index is 533. The van der Waals surface area contributed by atoms with Crippen LogP contribution in [0, 0.1) is 5.41 Å². The zero-order valence-electron chi connectivity index (χ0n) is 12.3. The quantitative estimate of drug-likeness (QED) is 0.775. The van der Waals surface area contributed by atoms with E-state index in [1.54, 1.807) is 12.1 Å². The molecule has 0 amide bonds. The van der Waals surface area contributed by atoms with E-state index in [4.69, 9.17) is 0 Å². The number of nitrogens with one attached hydrogen (secondary N) is 2. The van der Waals surface area contributed by atoms with Crippen LogP contribution < -0.4 is 10.0 Å². The van der Waals surface area contributed by atoms with Crippen LogP contribution in [0.25, 0.3) is 0 Å². The van der Waals surface area contributed by atoms with Gasteiger partial charge in [0, 0.05) is 18.8 Å². The molecule has 4 nitrogen and oxygen atoms in total. The van der Waals surface area contributed by atoms with Gasteiger partial charge in [0.15, 0.2) is 0 Å². The summed E-state index contributed by atoms with van der Waals surface area (Å²) in [6.07, 6.45) is 4.34. The predicted octanol–water partition coefficient (Wildman–Crippen LogP) is 2.98. The Morgan fingerprint density at radius 1 is 1.15 bits per heavy atom. The molecule has 0 saturated heterocycles. The van der Waals surface area contributed by atoms with Crippen LogP contribution in [0.1, 0.15) is 39.5 Å². The van der Waals surface area contributed by atoms with Gasteiger partial charge in [-0.3, -0.25) is 0 Å². The molecule has 0 aromatic heterocycles. The first-order valence-corrected chi connectivity index (χ1v) is 8.83. The summed E-state index contributed by atoms with van der Waals surface area (Å²) in [4.78, 5) is 0.339. The smallest absolute Gasteiger partial charge is 0.240 e. The zero-order valence-corrected chi connectivity index (χ0v) is 13.1. The van der Waals surface area contributed by atoms with Gasteiger partial charge in [-0.15, -0.1) is 0 Å². The minimum atomic E-state index is -3.38. The van der Waals surface area contributed by atoms with Gasteiger partial charge >= 0.3 is 0 Å². The first kappa shape index (κ1) is 15.3. The molecule has 0 heterocycles. The Balaban J connectivity index is 1.98. The van der Waals surface area contributed by atoms with Crippen molar-refractivity contribution < 1.29 is 8.42 Å². The highest BCUT2D eigenvalue weighted by atomic mass is 32.2. The zero-order chi connectivity index (χ0) is 14.6. The lowest BCUT2D eigenvalue weighted by atomic mass is 10.1. The van der Waals surface area contributed by atoms with Crippen molar-refractivity contribution in [2.24, 2.45) is 5.41 Å². The van der Waals surface area contributed by atoms with Gasteiger partial charge in [-0.2, -0.15) is 0 Å². The highest BCUT2D eigenvalue weighted by Gasteiger charge is 2.41. The second kappa shape index (κ2) is 6.14. The van der Waals surface area contributed by atoms with Gasteiger partial charge < -0.3 is 5.32 Å². The number of hydrogen-bond acceptors (Lipinski definition) is 3. The monoisotopic (exact) mass is 296 g/mol. The van der Waals surface area contributed by atoms with Gasteiger partial charge in [0.1, 0.15) is 0 Å². The number of rotatable bonds is 8. The maximum Gasteiger partial charge on any atom is 0.240 e. The molecule has 2 N–H and O–H groups in total. The molecule has 1 aromatic rings. The molecule has 1 aliphatic rings. The van der Waals surface area contributed by atoms with Crippen molar-refractivity contribution in [2.45, 2.75) is 44.4 Å². The van der Waals surface area contributed by atoms with Crippen molar-refractivity contribution in [3.05, 3.63) is 24.3 Å². The normalized spacial score (nSPS) is 16.9. The first-order chi connectivity index (χ1) is 9.51. The van der Waals surface area contributed by atoms with Crippen LogP contribution in [0.15, 0.2) is 29.2 Å². The maximum atomic E-state index is 12.2. The molecule has 0 unspecified atom stereocenters. The van der Waals surface area contributed by atoms with Crippen LogP contribution in [0.5, 0.6) is 0 Å². The van der Waals surface area contributed by atoms with Crippen LogP contribution >= 0.6 is 0 Å². The van der Waals surface area contributed by atoms with E-state index in [9.17, 15) is 8.42 Å². The fraction of sp³-hybridized carbons (Fsp3) is 0.600. The van der Waals surface area contributed by atoms with Gasteiger partial charge in [-0.1, -0.05) is 13.8 Å². The van der Waals surface area contributed by atoms with Gasteiger partial charge in [0.25, 0.3) is 0 Å². The third kappa shape index (κ3) is 3.73. The number of anilines is 1. The van der Waals surface area contributed by atoms with Crippen molar-refractivity contribution in [1.82, 2.24) is 4.72 Å². The largest absolute Gasteiger partial charge is 0.385 e. The third-order valence-electron chi connectivity index (χ3n) is 4.09. The molecule has 1 aliphatic carbocycles. The summed E-state index contributed by atoms with van der Waals surface area (Å²) in [5.41, 5.74) is 1.17. The van der Waals surface area contributed by atoms with Crippen LogP contribution in [0.3, 0.4) is 0 Å². The van der Waals surface area contributed by atoms with E-state index in [1.807, 2.05) is 12.1 Å². The van der Waals surface area contributed by atoms with Crippen LogP contribution in [0.4, 0.5) is 5.69 Å². The van der Waals surface area contributed by atoms with E-state index < -0.39 is 10.0 Å². The highest BCUT2D eigenvalue weighted by molar-refractivity contribution is 7.89. The molecule has 0 bridgehead atoms. The molecule has 1 fully saturated rings. The van der Waals surface area contributed by atoms with Gasteiger partial charge in [-0.25, -0.2) is 13.1 Å². The lowest BCUT2D eigenvalue weighted by Crippen LogP contribution is -2.30. The van der Waals surface area contributed by atoms with E-state index >= 15 is 0 Å². The molecule has 0 aliphatic heterocycles. The molecular weight excluding hydrogens is 272 g/mol. The maximum absolute atomic E-state index is 12.2. The van der Waals surface area contributed by atoms with Crippen molar-refractivity contribution in [3.63, 3.8) is 0 Å². The fourth-order valence-corrected chi connectivity index (χ4v) is 3.34. The molecule has 1 saturated carbocycles. The van der Waals surface area contributed by atoms with Crippen molar-refractivity contribution in [3.8, 4) is 0 Å². The van der Waals surface area contributed by atoms with Crippen molar-refractivity contribution in [1.29, 1.82) is 0 Å². The number of sulfonamides is 1. The van der Waals surface area contributed by atoms with Crippen LogP contribution in [-0.4, -0.2) is 21.5 Å². The minimum absolute atomic E-state index is 0.218. The van der Waals surface area contributed by atoms with E-state index in [-0.39, 0.29) is 5.41 Å². The first-order valence-electron chi connectivity index (χ1n) is 7.35. The fourth-order valence-electron chi connectivity index (χ4n) is 2.18. The van der Waals surface area contributed by atoms with E-state index in [1.165, 1.54) is 0 Å². The molecule has 0 radical (unpaired) electrons. The number of benzene rings is 1. The van der Waals surface area contributed by atoms with Crippen LogP contribution in [-0.2, 0) is 10.0 Å². The molecule has 2 rings (SSSR count). The van der Waals surface area contributed by atoms with Crippen molar-refractivity contribution >= 4 is 15.7 Å². The average molecular weight is 296 g/mol. The minimum Gasteiger partial charge on any atom is -0.385 e. The molecule has 1 aromatic carbocycles. The van der Waals surface area contributed by atoms with Gasteiger partial charge in [0.2, 0.25) is 10.0 Å². The standard InChI is InChI=1S/C15H24N2O2S/c1-3-11-16-13-5-7-14(8-6-13)20(18,19)17-12-15(4-2)9-10-15/h5-8,16-17H,3-4,9-12H2,1-2H3. The average Bonchev–Trinajstić information content (AvgIpc) is 3.24.